The summed E-state index contributed by atoms with van der Waals surface area (Å²) in [6.07, 6.45) is 0. The molecule has 0 unspecified atom stereocenters. The number of aryl methyl sites for hydroxylation is 2. The van der Waals surface area contributed by atoms with Gasteiger partial charge in [-0.2, -0.15) is 0 Å². The van der Waals surface area contributed by atoms with E-state index in [-0.39, 0.29) is 12.5 Å². The van der Waals surface area contributed by atoms with E-state index >= 15 is 0 Å². The molecule has 0 aliphatic rings. The second-order valence-electron chi connectivity index (χ2n) is 7.19. The minimum absolute atomic E-state index is 0.0766. The van der Waals surface area contributed by atoms with Gasteiger partial charge in [-0.1, -0.05) is 22.0 Å². The Morgan fingerprint density at radius 1 is 1.07 bits per heavy atom. The first-order chi connectivity index (χ1) is 14.4. The van der Waals surface area contributed by atoms with Crippen LogP contribution < -0.4 is 10.1 Å². The molecule has 1 amide bonds. The van der Waals surface area contributed by atoms with Gasteiger partial charge >= 0.3 is 0 Å². The number of carbonyl (C=O) groups is 1. The zero-order valence-electron chi connectivity index (χ0n) is 17.0. The van der Waals surface area contributed by atoms with Gasteiger partial charge in [0.15, 0.2) is 12.2 Å². The number of aromatic nitrogens is 1. The minimum atomic E-state index is -0.234. The van der Waals surface area contributed by atoms with Crippen molar-refractivity contribution in [2.75, 3.05) is 11.9 Å². The van der Waals surface area contributed by atoms with Crippen molar-refractivity contribution < 1.29 is 13.9 Å². The summed E-state index contributed by atoms with van der Waals surface area (Å²) in [6, 6.07) is 17.0. The van der Waals surface area contributed by atoms with Crippen LogP contribution in [0.1, 0.15) is 16.7 Å². The molecule has 0 atom stereocenters. The normalized spacial score (nSPS) is 10.9. The predicted molar refractivity (Wildman–Crippen MR) is 122 cm³/mol. The Labute approximate surface area is 183 Å². The molecule has 0 aliphatic carbocycles. The molecule has 0 radical (unpaired) electrons. The molecule has 1 heterocycles. The Balaban J connectivity index is 1.52. The molecule has 4 aromatic rings. The van der Waals surface area contributed by atoms with Crippen LogP contribution in [0, 0.1) is 20.8 Å². The van der Waals surface area contributed by atoms with Crippen molar-refractivity contribution in [2.24, 2.45) is 0 Å². The molecule has 5 nitrogen and oxygen atoms in total. The van der Waals surface area contributed by atoms with Crippen molar-refractivity contribution >= 4 is 38.6 Å². The summed E-state index contributed by atoms with van der Waals surface area (Å²) in [5, 5.41) is 2.91. The van der Waals surface area contributed by atoms with Crippen molar-refractivity contribution in [2.45, 2.75) is 20.8 Å². The van der Waals surface area contributed by atoms with Crippen LogP contribution in [-0.2, 0) is 4.79 Å². The van der Waals surface area contributed by atoms with Crippen LogP contribution in [0.2, 0.25) is 0 Å². The first-order valence-corrected chi connectivity index (χ1v) is 10.4. The van der Waals surface area contributed by atoms with E-state index in [0.29, 0.717) is 17.3 Å². The summed E-state index contributed by atoms with van der Waals surface area (Å²) in [5.74, 6) is 0.938. The van der Waals surface area contributed by atoms with Crippen LogP contribution >= 0.6 is 15.9 Å². The average Bonchev–Trinajstić information content (AvgIpc) is 3.12. The molecule has 0 saturated heterocycles. The number of ether oxygens (including phenoxy) is 1. The number of nitrogens with one attached hydrogen (secondary N) is 1. The lowest BCUT2D eigenvalue weighted by Crippen LogP contribution is -2.20. The molecule has 6 heteroatoms. The third kappa shape index (κ3) is 4.24. The predicted octanol–water partition coefficient (Wildman–Crippen LogP) is 6.20. The fourth-order valence-corrected chi connectivity index (χ4v) is 3.43. The number of halogens is 1. The zero-order valence-corrected chi connectivity index (χ0v) is 18.5. The van der Waals surface area contributed by atoms with Crippen LogP contribution in [0.25, 0.3) is 22.6 Å². The van der Waals surface area contributed by atoms with Gasteiger partial charge in [-0.05, 0) is 86.0 Å². The van der Waals surface area contributed by atoms with Crippen LogP contribution in [0.4, 0.5) is 5.69 Å². The molecule has 1 N–H and O–H groups in total. The molecular formula is C24H21BrN2O3. The van der Waals surface area contributed by atoms with Gasteiger partial charge in [0.2, 0.25) is 5.89 Å². The number of rotatable bonds is 5. The Hall–Kier alpha value is -3.12. The number of carbonyl (C=O) groups excluding carboxylic acids is 1. The van der Waals surface area contributed by atoms with E-state index in [1.807, 2.05) is 49.4 Å². The molecule has 0 spiro atoms. The highest BCUT2D eigenvalue weighted by Gasteiger charge is 2.15. The number of amides is 1. The van der Waals surface area contributed by atoms with Crippen LogP contribution in [-0.4, -0.2) is 17.5 Å². The molecule has 4 rings (SSSR count). The second-order valence-corrected chi connectivity index (χ2v) is 8.11. The van der Waals surface area contributed by atoms with Crippen molar-refractivity contribution in [3.63, 3.8) is 0 Å². The van der Waals surface area contributed by atoms with E-state index < -0.39 is 0 Å². The number of hydrogen-bond acceptors (Lipinski definition) is 4. The summed E-state index contributed by atoms with van der Waals surface area (Å²) in [6.45, 7) is 5.97. The Bertz CT molecular complexity index is 1190. The van der Waals surface area contributed by atoms with Gasteiger partial charge in [-0.3, -0.25) is 4.79 Å². The Morgan fingerprint density at radius 3 is 2.57 bits per heavy atom. The fraction of sp³-hybridized carbons (Fsp3) is 0.167. The minimum Gasteiger partial charge on any atom is -0.484 e. The van der Waals surface area contributed by atoms with E-state index in [4.69, 9.17) is 9.15 Å². The number of nitrogens with zero attached hydrogens (tertiary/aromatic N) is 1. The number of hydrogen-bond donors (Lipinski definition) is 1. The highest BCUT2D eigenvalue weighted by Crippen LogP contribution is 2.31. The van der Waals surface area contributed by atoms with E-state index in [2.05, 4.69) is 40.1 Å². The van der Waals surface area contributed by atoms with Crippen LogP contribution in [0.15, 0.2) is 63.5 Å². The lowest BCUT2D eigenvalue weighted by Gasteiger charge is -2.11. The smallest absolute Gasteiger partial charge is 0.262 e. The third-order valence-corrected chi connectivity index (χ3v) is 5.55. The van der Waals surface area contributed by atoms with E-state index in [1.165, 1.54) is 5.56 Å². The second kappa shape index (κ2) is 8.32. The SMILES string of the molecule is Cc1cc2nc(-c3cccc(NC(=O)COc4ccc(Br)cc4)c3C)oc2cc1C. The van der Waals surface area contributed by atoms with Crippen molar-refractivity contribution in [1.82, 2.24) is 4.98 Å². The molecule has 0 aliphatic heterocycles. The number of anilines is 1. The standard InChI is InChI=1S/C24H21BrN2O3/c1-14-11-21-22(12-15(14)2)30-24(27-21)19-5-4-6-20(16(19)3)26-23(28)13-29-18-9-7-17(25)8-10-18/h4-12H,13H2,1-3H3,(H,26,28). The summed E-state index contributed by atoms with van der Waals surface area (Å²) in [4.78, 5) is 17.0. The van der Waals surface area contributed by atoms with Gasteiger partial charge in [0.1, 0.15) is 11.3 Å². The number of fused-ring (bicyclic) bond motifs is 1. The van der Waals surface area contributed by atoms with Gasteiger partial charge in [0.05, 0.1) is 0 Å². The zero-order chi connectivity index (χ0) is 21.3. The molecule has 3 aromatic carbocycles. The summed E-state index contributed by atoms with van der Waals surface area (Å²) < 4.78 is 12.5. The first kappa shape index (κ1) is 20.2. The van der Waals surface area contributed by atoms with E-state index in [9.17, 15) is 4.79 Å². The van der Waals surface area contributed by atoms with Gasteiger partial charge in [0, 0.05) is 15.7 Å². The molecule has 152 valence electrons. The molecule has 0 saturated carbocycles. The van der Waals surface area contributed by atoms with E-state index in [1.54, 1.807) is 12.1 Å². The van der Waals surface area contributed by atoms with Crippen molar-refractivity contribution in [3.05, 3.63) is 75.8 Å². The van der Waals surface area contributed by atoms with Crippen LogP contribution in [0.5, 0.6) is 5.75 Å². The van der Waals surface area contributed by atoms with E-state index in [0.717, 1.165) is 32.3 Å². The van der Waals surface area contributed by atoms with Gasteiger partial charge in [-0.25, -0.2) is 4.98 Å². The molecule has 1 aromatic heterocycles. The van der Waals surface area contributed by atoms with Gasteiger partial charge < -0.3 is 14.5 Å². The average molecular weight is 465 g/mol. The van der Waals surface area contributed by atoms with Gasteiger partial charge in [0.25, 0.3) is 5.91 Å². The van der Waals surface area contributed by atoms with Crippen molar-refractivity contribution in [1.29, 1.82) is 0 Å². The molecule has 0 fully saturated rings. The monoisotopic (exact) mass is 464 g/mol. The number of oxazole rings is 1. The highest BCUT2D eigenvalue weighted by atomic mass is 79.9. The maximum atomic E-state index is 12.4. The largest absolute Gasteiger partial charge is 0.484 e. The summed E-state index contributed by atoms with van der Waals surface area (Å²) in [7, 11) is 0. The quantitative estimate of drug-likeness (QED) is 0.381. The molecule has 0 bridgehead atoms. The van der Waals surface area contributed by atoms with Crippen LogP contribution in [0.3, 0.4) is 0 Å². The summed E-state index contributed by atoms with van der Waals surface area (Å²) >= 11 is 3.37. The molecular weight excluding hydrogens is 444 g/mol. The lowest BCUT2D eigenvalue weighted by molar-refractivity contribution is -0.118. The maximum absolute atomic E-state index is 12.4. The van der Waals surface area contributed by atoms with Gasteiger partial charge in [-0.15, -0.1) is 0 Å². The first-order valence-electron chi connectivity index (χ1n) is 9.57. The van der Waals surface area contributed by atoms with Crippen molar-refractivity contribution in [3.8, 4) is 17.2 Å². The lowest BCUT2D eigenvalue weighted by atomic mass is 10.1. The highest BCUT2D eigenvalue weighted by molar-refractivity contribution is 9.10. The Kier molecular flexibility index (Phi) is 5.59. The summed E-state index contributed by atoms with van der Waals surface area (Å²) in [5.41, 5.74) is 6.34. The number of benzene rings is 3. The maximum Gasteiger partial charge on any atom is 0.262 e. The Morgan fingerprint density at radius 2 is 1.80 bits per heavy atom. The topological polar surface area (TPSA) is 64.4 Å². The fourth-order valence-electron chi connectivity index (χ4n) is 3.16. The molecule has 30 heavy (non-hydrogen) atoms. The third-order valence-electron chi connectivity index (χ3n) is 5.03.